The molecule has 20 heavy (non-hydrogen) atoms. The van der Waals surface area contributed by atoms with Gasteiger partial charge in [-0.2, -0.15) is 0 Å². The molecule has 1 aromatic carbocycles. The fourth-order valence-corrected chi connectivity index (χ4v) is 3.12. The van der Waals surface area contributed by atoms with Crippen molar-refractivity contribution in [3.8, 4) is 5.75 Å². The smallest absolute Gasteiger partial charge is 0.124 e. The van der Waals surface area contributed by atoms with Crippen molar-refractivity contribution in [3.05, 3.63) is 29.8 Å². The summed E-state index contributed by atoms with van der Waals surface area (Å²) in [6.07, 6.45) is 0. The summed E-state index contributed by atoms with van der Waals surface area (Å²) in [7, 11) is 2.03. The lowest BCUT2D eigenvalue weighted by molar-refractivity contribution is 0.0930. The second kappa shape index (κ2) is 7.65. The summed E-state index contributed by atoms with van der Waals surface area (Å²) in [6.45, 7) is 13.8. The van der Waals surface area contributed by atoms with Gasteiger partial charge in [-0.25, -0.2) is 0 Å². The van der Waals surface area contributed by atoms with Crippen molar-refractivity contribution in [2.45, 2.75) is 46.2 Å². The minimum Gasteiger partial charge on any atom is -0.494 e. The maximum Gasteiger partial charge on any atom is 0.124 e. The average molecular weight is 278 g/mol. The molecule has 3 nitrogen and oxygen atoms in total. The number of nitrogens with zero attached hydrogens (tertiary/aromatic N) is 1. The van der Waals surface area contributed by atoms with Crippen LogP contribution in [-0.4, -0.2) is 37.2 Å². The molecule has 0 saturated heterocycles. The van der Waals surface area contributed by atoms with E-state index in [1.165, 1.54) is 5.56 Å². The van der Waals surface area contributed by atoms with E-state index in [1.807, 2.05) is 20.0 Å². The van der Waals surface area contributed by atoms with Gasteiger partial charge in [0.15, 0.2) is 0 Å². The number of hydrogen-bond acceptors (Lipinski definition) is 3. The van der Waals surface area contributed by atoms with Gasteiger partial charge < -0.3 is 10.1 Å². The molecule has 0 bridgehead atoms. The van der Waals surface area contributed by atoms with Gasteiger partial charge in [-0.15, -0.1) is 0 Å². The van der Waals surface area contributed by atoms with Crippen molar-refractivity contribution in [2.24, 2.45) is 0 Å². The van der Waals surface area contributed by atoms with Crippen molar-refractivity contribution in [3.63, 3.8) is 0 Å². The third-order valence-electron chi connectivity index (χ3n) is 4.10. The first-order valence-corrected chi connectivity index (χ1v) is 7.66. The van der Waals surface area contributed by atoms with Crippen molar-refractivity contribution in [2.75, 3.05) is 26.7 Å². The zero-order valence-corrected chi connectivity index (χ0v) is 13.9. The zero-order valence-electron chi connectivity index (χ0n) is 13.9. The topological polar surface area (TPSA) is 24.5 Å². The third-order valence-corrected chi connectivity index (χ3v) is 4.10. The summed E-state index contributed by atoms with van der Waals surface area (Å²) in [4.78, 5) is 2.48. The summed E-state index contributed by atoms with van der Waals surface area (Å²) < 4.78 is 5.80. The Bertz CT molecular complexity index is 400. The Morgan fingerprint density at radius 3 is 2.25 bits per heavy atom. The minimum atomic E-state index is 0.0193. The first kappa shape index (κ1) is 17.0. The van der Waals surface area contributed by atoms with Crippen LogP contribution in [0.2, 0.25) is 0 Å². The lowest BCUT2D eigenvalue weighted by atomic mass is 9.86. The van der Waals surface area contributed by atoms with Crippen LogP contribution in [-0.2, 0) is 0 Å². The molecule has 0 aliphatic rings. The molecule has 3 heteroatoms. The molecule has 1 N–H and O–H groups in total. The number of likely N-dealkylation sites (N-methyl/N-ethyl adjacent to an activating group) is 2. The predicted octanol–water partition coefficient (Wildman–Crippen LogP) is 3.47. The molecule has 0 radical (unpaired) electrons. The fraction of sp³-hybridized carbons (Fsp3) is 0.647. The van der Waals surface area contributed by atoms with Crippen LogP contribution in [0.4, 0.5) is 0 Å². The normalized spacial score (nSPS) is 13.6. The summed E-state index contributed by atoms with van der Waals surface area (Å²) in [5.74, 6) is 0.981. The summed E-state index contributed by atoms with van der Waals surface area (Å²) in [5, 5.41) is 3.48. The van der Waals surface area contributed by atoms with Crippen LogP contribution in [0.15, 0.2) is 24.3 Å². The van der Waals surface area contributed by atoms with Gasteiger partial charge in [0.25, 0.3) is 0 Å². The highest BCUT2D eigenvalue weighted by atomic mass is 16.5. The van der Waals surface area contributed by atoms with Gasteiger partial charge in [0.1, 0.15) is 5.75 Å². The van der Waals surface area contributed by atoms with Gasteiger partial charge in [0, 0.05) is 11.1 Å². The van der Waals surface area contributed by atoms with Crippen molar-refractivity contribution >= 4 is 0 Å². The number of rotatable bonds is 8. The molecule has 0 amide bonds. The van der Waals surface area contributed by atoms with Crippen molar-refractivity contribution in [1.82, 2.24) is 10.2 Å². The Kier molecular flexibility index (Phi) is 6.50. The van der Waals surface area contributed by atoms with Crippen LogP contribution < -0.4 is 10.1 Å². The highest BCUT2D eigenvalue weighted by molar-refractivity contribution is 5.37. The second-order valence-corrected chi connectivity index (χ2v) is 5.52. The fourth-order valence-electron chi connectivity index (χ4n) is 3.12. The summed E-state index contributed by atoms with van der Waals surface area (Å²) >= 11 is 0. The Hall–Kier alpha value is -1.06. The molecule has 1 atom stereocenters. The van der Waals surface area contributed by atoms with Gasteiger partial charge in [-0.1, -0.05) is 32.0 Å². The maximum atomic E-state index is 5.80. The number of nitrogens with one attached hydrogen (secondary N) is 1. The van der Waals surface area contributed by atoms with Crippen LogP contribution in [0, 0.1) is 0 Å². The first-order valence-electron chi connectivity index (χ1n) is 7.66. The van der Waals surface area contributed by atoms with E-state index >= 15 is 0 Å². The monoisotopic (exact) mass is 278 g/mol. The summed E-state index contributed by atoms with van der Waals surface area (Å²) in [6, 6.07) is 8.57. The molecule has 0 spiro atoms. The molecule has 0 heterocycles. The van der Waals surface area contributed by atoms with Crippen LogP contribution in [0.3, 0.4) is 0 Å². The van der Waals surface area contributed by atoms with Crippen molar-refractivity contribution in [1.29, 1.82) is 0 Å². The predicted molar refractivity (Wildman–Crippen MR) is 86.4 cm³/mol. The molecular weight excluding hydrogens is 248 g/mol. The molecule has 114 valence electrons. The first-order chi connectivity index (χ1) is 9.52. The Labute approximate surface area is 124 Å². The number of para-hydroxylation sites is 1. The second-order valence-electron chi connectivity index (χ2n) is 5.52. The average Bonchev–Trinajstić information content (AvgIpc) is 2.42. The van der Waals surface area contributed by atoms with E-state index in [2.05, 4.69) is 56.1 Å². The Morgan fingerprint density at radius 1 is 1.15 bits per heavy atom. The van der Waals surface area contributed by atoms with E-state index < -0.39 is 0 Å². The molecule has 1 rings (SSSR count). The number of benzene rings is 1. The molecule has 1 aromatic rings. The van der Waals surface area contributed by atoms with Crippen LogP contribution in [0.5, 0.6) is 5.75 Å². The highest BCUT2D eigenvalue weighted by Crippen LogP contribution is 2.35. The maximum absolute atomic E-state index is 5.80. The molecule has 0 aliphatic carbocycles. The minimum absolute atomic E-state index is 0.0193. The number of ether oxygens (including phenoxy) is 1. The standard InChI is InChI=1S/C17H30N2O/c1-7-19(8-2)17(4,5)16(18-6)14-12-10-11-13-15(14)20-9-3/h10-13,16,18H,7-9H2,1-6H3. The summed E-state index contributed by atoms with van der Waals surface area (Å²) in [5.41, 5.74) is 1.25. The van der Waals surface area contributed by atoms with Crippen molar-refractivity contribution < 1.29 is 4.74 Å². The van der Waals surface area contributed by atoms with Crippen LogP contribution in [0.1, 0.15) is 46.2 Å². The molecule has 0 aliphatic heterocycles. The molecule has 1 unspecified atom stereocenters. The van der Waals surface area contributed by atoms with E-state index in [0.717, 1.165) is 18.8 Å². The molecule has 0 saturated carbocycles. The van der Waals surface area contributed by atoms with E-state index in [9.17, 15) is 0 Å². The van der Waals surface area contributed by atoms with E-state index in [-0.39, 0.29) is 11.6 Å². The van der Waals surface area contributed by atoms with Crippen LogP contribution in [0.25, 0.3) is 0 Å². The van der Waals surface area contributed by atoms with Gasteiger partial charge in [-0.05, 0) is 47.0 Å². The van der Waals surface area contributed by atoms with Gasteiger partial charge in [0.2, 0.25) is 0 Å². The molecule has 0 fully saturated rings. The zero-order chi connectivity index (χ0) is 15.2. The Balaban J connectivity index is 3.18. The lowest BCUT2D eigenvalue weighted by Crippen LogP contribution is -2.52. The highest BCUT2D eigenvalue weighted by Gasteiger charge is 2.35. The lowest BCUT2D eigenvalue weighted by Gasteiger charge is -2.44. The van der Waals surface area contributed by atoms with Crippen LogP contribution >= 0.6 is 0 Å². The third kappa shape index (κ3) is 3.53. The largest absolute Gasteiger partial charge is 0.494 e. The molecular formula is C17H30N2O. The van der Waals surface area contributed by atoms with Gasteiger partial charge in [-0.3, -0.25) is 4.90 Å². The quantitative estimate of drug-likeness (QED) is 0.788. The van der Waals surface area contributed by atoms with Gasteiger partial charge >= 0.3 is 0 Å². The van der Waals surface area contributed by atoms with E-state index in [0.29, 0.717) is 6.61 Å². The SMILES string of the molecule is CCOc1ccccc1C(NC)C(C)(C)N(CC)CC. The van der Waals surface area contributed by atoms with E-state index in [1.54, 1.807) is 0 Å². The van der Waals surface area contributed by atoms with E-state index in [4.69, 9.17) is 4.74 Å². The van der Waals surface area contributed by atoms with Gasteiger partial charge in [0.05, 0.1) is 12.6 Å². The molecule has 0 aromatic heterocycles. The number of hydrogen-bond donors (Lipinski definition) is 1. The Morgan fingerprint density at radius 2 is 1.75 bits per heavy atom.